The summed E-state index contributed by atoms with van der Waals surface area (Å²) in [6.45, 7) is -0.378. The molecule has 0 aromatic heterocycles. The van der Waals surface area contributed by atoms with Crippen LogP contribution in [0.5, 0.6) is 17.2 Å². The Morgan fingerprint density at radius 2 is 1.78 bits per heavy atom. The summed E-state index contributed by atoms with van der Waals surface area (Å²) in [4.78, 5) is 12.0. The van der Waals surface area contributed by atoms with Gasteiger partial charge in [0, 0.05) is 11.1 Å². The number of halogens is 2. The maximum absolute atomic E-state index is 12.2. The smallest absolute Gasteiger partial charge is 0.262 e. The number of ether oxygens (including phenoxy) is 2. The molecular formula is C21H15Cl2N3O5S. The molecular weight excluding hydrogens is 477 g/mol. The Morgan fingerprint density at radius 3 is 2.47 bits per heavy atom. The number of primary sulfonamides is 1. The molecule has 3 N–H and O–H groups in total. The largest absolute Gasteiger partial charge is 0.484 e. The average molecular weight is 492 g/mol. The minimum absolute atomic E-state index is 0.00270. The van der Waals surface area contributed by atoms with E-state index in [1.807, 2.05) is 6.07 Å². The summed E-state index contributed by atoms with van der Waals surface area (Å²) >= 11 is 12.1. The van der Waals surface area contributed by atoms with Crippen LogP contribution in [-0.2, 0) is 14.8 Å². The van der Waals surface area contributed by atoms with Gasteiger partial charge in [0.15, 0.2) is 6.61 Å². The van der Waals surface area contributed by atoms with E-state index >= 15 is 0 Å². The second-order valence-corrected chi connectivity index (χ2v) is 8.79. The number of nitriles is 1. The molecule has 3 rings (SSSR count). The summed E-state index contributed by atoms with van der Waals surface area (Å²) in [6, 6.07) is 16.9. The third kappa shape index (κ3) is 6.35. The van der Waals surface area contributed by atoms with Crippen molar-refractivity contribution in [3.05, 3.63) is 76.3 Å². The van der Waals surface area contributed by atoms with E-state index in [9.17, 15) is 13.2 Å². The Kier molecular flexibility index (Phi) is 7.22. The molecule has 0 heterocycles. The first-order valence-corrected chi connectivity index (χ1v) is 11.2. The van der Waals surface area contributed by atoms with E-state index in [0.717, 1.165) is 6.07 Å². The van der Waals surface area contributed by atoms with E-state index < -0.39 is 15.9 Å². The number of hydrogen-bond acceptors (Lipinski definition) is 6. The lowest BCUT2D eigenvalue weighted by Gasteiger charge is -2.12. The third-order valence-corrected chi connectivity index (χ3v) is 5.40. The predicted octanol–water partition coefficient (Wildman–Crippen LogP) is 4.32. The standard InChI is InChI=1S/C21H15Cl2N3O5S/c22-14-7-16(9-17(8-14)31-15-3-1-2-13(6-15)11-24)30-12-21(27)26-20-5-4-18(10-19(20)23)32(25,28)29/h1-10H,12H2,(H,26,27)(H2,25,28,29). The normalized spacial score (nSPS) is 10.8. The second-order valence-electron chi connectivity index (χ2n) is 6.39. The molecule has 0 saturated carbocycles. The van der Waals surface area contributed by atoms with Crippen LogP contribution in [0.25, 0.3) is 0 Å². The lowest BCUT2D eigenvalue weighted by atomic mass is 10.2. The van der Waals surface area contributed by atoms with Crippen LogP contribution in [0.15, 0.2) is 65.6 Å². The highest BCUT2D eigenvalue weighted by Gasteiger charge is 2.13. The molecule has 164 valence electrons. The fraction of sp³-hybridized carbons (Fsp3) is 0.0476. The third-order valence-electron chi connectivity index (χ3n) is 3.96. The minimum atomic E-state index is -3.91. The van der Waals surface area contributed by atoms with E-state index in [-0.39, 0.29) is 28.0 Å². The zero-order chi connectivity index (χ0) is 23.3. The number of anilines is 1. The molecule has 0 radical (unpaired) electrons. The van der Waals surface area contributed by atoms with Crippen LogP contribution in [0.2, 0.25) is 10.0 Å². The number of benzene rings is 3. The summed E-state index contributed by atoms with van der Waals surface area (Å²) < 4.78 is 33.9. The van der Waals surface area contributed by atoms with Crippen molar-refractivity contribution < 1.29 is 22.7 Å². The summed E-state index contributed by atoms with van der Waals surface area (Å²) in [7, 11) is -3.91. The van der Waals surface area contributed by atoms with Gasteiger partial charge in [0.05, 0.1) is 27.2 Å². The van der Waals surface area contributed by atoms with Crippen molar-refractivity contribution >= 4 is 44.8 Å². The van der Waals surface area contributed by atoms with Crippen molar-refractivity contribution in [3.8, 4) is 23.3 Å². The fourth-order valence-corrected chi connectivity index (χ4v) is 3.60. The zero-order valence-corrected chi connectivity index (χ0v) is 18.5. The van der Waals surface area contributed by atoms with Gasteiger partial charge in [-0.25, -0.2) is 13.6 Å². The van der Waals surface area contributed by atoms with Crippen molar-refractivity contribution in [1.29, 1.82) is 5.26 Å². The number of sulfonamides is 1. The minimum Gasteiger partial charge on any atom is -0.484 e. The summed E-state index contributed by atoms with van der Waals surface area (Å²) in [5.74, 6) is 0.520. The first kappa shape index (κ1) is 23.4. The molecule has 0 bridgehead atoms. The zero-order valence-electron chi connectivity index (χ0n) is 16.2. The van der Waals surface area contributed by atoms with Crippen LogP contribution < -0.4 is 19.9 Å². The van der Waals surface area contributed by atoms with Crippen LogP contribution in [-0.4, -0.2) is 20.9 Å². The van der Waals surface area contributed by atoms with Crippen LogP contribution >= 0.6 is 23.2 Å². The number of nitrogens with one attached hydrogen (secondary N) is 1. The molecule has 3 aromatic carbocycles. The number of rotatable bonds is 7. The molecule has 32 heavy (non-hydrogen) atoms. The van der Waals surface area contributed by atoms with E-state index in [1.54, 1.807) is 30.3 Å². The Balaban J connectivity index is 1.65. The van der Waals surface area contributed by atoms with Crippen LogP contribution in [0.4, 0.5) is 5.69 Å². The topological polar surface area (TPSA) is 132 Å². The molecule has 0 aliphatic carbocycles. The first-order chi connectivity index (χ1) is 15.1. The molecule has 8 nitrogen and oxygen atoms in total. The van der Waals surface area contributed by atoms with Crippen molar-refractivity contribution in [1.82, 2.24) is 0 Å². The molecule has 0 unspecified atom stereocenters. The van der Waals surface area contributed by atoms with E-state index in [2.05, 4.69) is 5.32 Å². The Labute approximate surface area is 194 Å². The Morgan fingerprint density at radius 1 is 1.03 bits per heavy atom. The van der Waals surface area contributed by atoms with Gasteiger partial charge in [-0.15, -0.1) is 0 Å². The van der Waals surface area contributed by atoms with Crippen LogP contribution in [0.3, 0.4) is 0 Å². The van der Waals surface area contributed by atoms with Gasteiger partial charge in [-0.2, -0.15) is 5.26 Å². The van der Waals surface area contributed by atoms with Gasteiger partial charge in [-0.1, -0.05) is 29.3 Å². The first-order valence-electron chi connectivity index (χ1n) is 8.87. The summed E-state index contributed by atoms with van der Waals surface area (Å²) in [5, 5.41) is 16.9. The number of nitrogens with two attached hydrogens (primary N) is 1. The van der Waals surface area contributed by atoms with E-state index in [1.165, 1.54) is 24.3 Å². The van der Waals surface area contributed by atoms with Gasteiger partial charge in [-0.05, 0) is 48.5 Å². The maximum Gasteiger partial charge on any atom is 0.262 e. The van der Waals surface area contributed by atoms with Crippen LogP contribution in [0.1, 0.15) is 5.56 Å². The lowest BCUT2D eigenvalue weighted by Crippen LogP contribution is -2.20. The molecule has 0 aliphatic rings. The molecule has 3 aromatic rings. The van der Waals surface area contributed by atoms with Gasteiger partial charge >= 0.3 is 0 Å². The number of nitrogens with zero attached hydrogens (tertiary/aromatic N) is 1. The van der Waals surface area contributed by atoms with Gasteiger partial charge in [-0.3, -0.25) is 4.79 Å². The summed E-state index contributed by atoms with van der Waals surface area (Å²) in [6.07, 6.45) is 0. The predicted molar refractivity (Wildman–Crippen MR) is 120 cm³/mol. The highest BCUT2D eigenvalue weighted by atomic mass is 35.5. The quantitative estimate of drug-likeness (QED) is 0.505. The molecule has 0 atom stereocenters. The lowest BCUT2D eigenvalue weighted by molar-refractivity contribution is -0.118. The van der Waals surface area contributed by atoms with Gasteiger partial charge in [0.2, 0.25) is 10.0 Å². The van der Waals surface area contributed by atoms with Crippen molar-refractivity contribution in [2.75, 3.05) is 11.9 Å². The molecule has 1 amide bonds. The fourth-order valence-electron chi connectivity index (χ4n) is 2.55. The van der Waals surface area contributed by atoms with Gasteiger partial charge in [0.1, 0.15) is 17.2 Å². The molecule has 0 aliphatic heterocycles. The van der Waals surface area contributed by atoms with E-state index in [4.69, 9.17) is 43.1 Å². The summed E-state index contributed by atoms with van der Waals surface area (Å²) in [5.41, 5.74) is 0.633. The molecule has 11 heteroatoms. The highest BCUT2D eigenvalue weighted by molar-refractivity contribution is 7.89. The average Bonchev–Trinajstić information content (AvgIpc) is 2.73. The molecule has 0 fully saturated rings. The van der Waals surface area contributed by atoms with Crippen molar-refractivity contribution in [2.24, 2.45) is 5.14 Å². The number of carbonyl (C=O) groups is 1. The SMILES string of the molecule is N#Cc1cccc(Oc2cc(Cl)cc(OCC(=O)Nc3ccc(S(N)(=O)=O)cc3Cl)c2)c1. The Bertz CT molecular complexity index is 1320. The molecule has 0 saturated heterocycles. The van der Waals surface area contributed by atoms with Gasteiger partial charge < -0.3 is 14.8 Å². The maximum atomic E-state index is 12.2. The number of hydrogen-bond donors (Lipinski definition) is 2. The second kappa shape index (κ2) is 9.89. The number of amides is 1. The van der Waals surface area contributed by atoms with Gasteiger partial charge in [0.25, 0.3) is 5.91 Å². The monoisotopic (exact) mass is 491 g/mol. The highest BCUT2D eigenvalue weighted by Crippen LogP contribution is 2.30. The van der Waals surface area contributed by atoms with Crippen LogP contribution in [0, 0.1) is 11.3 Å². The number of carbonyl (C=O) groups excluding carboxylic acids is 1. The van der Waals surface area contributed by atoms with E-state index in [0.29, 0.717) is 22.1 Å². The Hall–Kier alpha value is -3.29. The van der Waals surface area contributed by atoms with Crippen molar-refractivity contribution in [3.63, 3.8) is 0 Å². The van der Waals surface area contributed by atoms with Crippen molar-refractivity contribution in [2.45, 2.75) is 4.90 Å². The molecule has 0 spiro atoms.